The van der Waals surface area contributed by atoms with Gasteiger partial charge in [-0.15, -0.1) is 50.9 Å². The van der Waals surface area contributed by atoms with Crippen LogP contribution in [-0.2, 0) is 0 Å². The number of rotatable bonds is 0. The van der Waals surface area contributed by atoms with Gasteiger partial charge in [-0.25, -0.2) is 0 Å². The fourth-order valence-electron chi connectivity index (χ4n) is 0.456. The minimum atomic E-state index is 0. The minimum absolute atomic E-state index is 0. The molecule has 0 aliphatic heterocycles. The Labute approximate surface area is 97.3 Å². The van der Waals surface area contributed by atoms with Crippen molar-refractivity contribution in [3.63, 3.8) is 0 Å². The first-order valence-corrected chi connectivity index (χ1v) is 2.40. The monoisotopic (exact) mass is 349 g/mol. The molecule has 1 N–H and O–H groups in total. The van der Waals surface area contributed by atoms with Gasteiger partial charge in [-0.1, -0.05) is 0 Å². The summed E-state index contributed by atoms with van der Waals surface area (Å²) in [6.07, 6.45) is 3.07. The van der Waals surface area contributed by atoms with Crippen LogP contribution in [0.25, 0.3) is 0 Å². The molecule has 0 bridgehead atoms. The first-order chi connectivity index (χ1) is 3.80. The Morgan fingerprint density at radius 2 is 1.82 bits per heavy atom. The summed E-state index contributed by atoms with van der Waals surface area (Å²) in [6, 6.07) is 1.76. The second-order valence-electron chi connectivity index (χ2n) is 1.66. The van der Waals surface area contributed by atoms with Crippen LogP contribution in [0.2, 0.25) is 0 Å². The molecule has 0 aliphatic carbocycles. The number of nitrogens with zero attached hydrogens (tertiary/aromatic N) is 1. The molecule has 0 fully saturated rings. The maximum Gasteiger partial charge on any atom is 0.136 e. The molecule has 0 aliphatic rings. The Kier molecular flexibility index (Phi) is 13.5. The summed E-state index contributed by atoms with van der Waals surface area (Å²) < 4.78 is 0. The van der Waals surface area contributed by atoms with Gasteiger partial charge in [0.15, 0.2) is 0 Å². The number of halogens is 3. The predicted molar refractivity (Wildman–Crippen MR) is 61.6 cm³/mol. The smallest absolute Gasteiger partial charge is 0.136 e. The lowest BCUT2D eigenvalue weighted by molar-refractivity contribution is 0.468. The van der Waals surface area contributed by atoms with Gasteiger partial charge < -0.3 is 5.11 Å². The third-order valence-electron chi connectivity index (χ3n) is 1.01. The second-order valence-corrected chi connectivity index (χ2v) is 1.66. The maximum atomic E-state index is 8.86. The van der Waals surface area contributed by atoms with Crippen molar-refractivity contribution in [1.29, 1.82) is 0 Å². The Morgan fingerprint density at radius 3 is 2.09 bits per heavy atom. The zero-order valence-electron chi connectivity index (χ0n) is 5.85. The van der Waals surface area contributed by atoms with E-state index in [0.29, 0.717) is 0 Å². The van der Waals surface area contributed by atoms with Crippen molar-refractivity contribution in [1.82, 2.24) is 4.98 Å². The second kappa shape index (κ2) is 8.49. The average molecular weight is 352 g/mol. The third kappa shape index (κ3) is 5.64. The molecule has 0 saturated heterocycles. The van der Waals surface area contributed by atoms with E-state index in [9.17, 15) is 0 Å². The topological polar surface area (TPSA) is 33.1 Å². The van der Waals surface area contributed by atoms with Crippen LogP contribution in [0.5, 0.6) is 5.75 Å². The lowest BCUT2D eigenvalue weighted by Gasteiger charge is -1.91. The van der Waals surface area contributed by atoms with Gasteiger partial charge in [0.25, 0.3) is 0 Å². The van der Waals surface area contributed by atoms with Crippen molar-refractivity contribution in [3.8, 4) is 5.75 Å². The molecule has 0 spiro atoms. The Hall–Kier alpha value is 0.390. The van der Waals surface area contributed by atoms with Gasteiger partial charge in [-0.2, -0.15) is 0 Å². The summed E-state index contributed by atoms with van der Waals surface area (Å²) in [6.45, 7) is 1.83. The predicted octanol–water partition coefficient (Wildman–Crippen LogP) is 2.83. The number of hydrogen-bond acceptors (Lipinski definition) is 2. The number of aromatic nitrogens is 1. The molecule has 1 heterocycles. The highest BCUT2D eigenvalue weighted by atomic mass is 79.9. The number of hydrogen-bond donors (Lipinski definition) is 1. The molecule has 0 unspecified atom stereocenters. The fourth-order valence-corrected chi connectivity index (χ4v) is 0.456. The van der Waals surface area contributed by atoms with Crippen molar-refractivity contribution in [3.05, 3.63) is 24.0 Å². The van der Waals surface area contributed by atoms with E-state index in [4.69, 9.17) is 5.11 Å². The molecule has 1 rings (SSSR count). The standard InChI is InChI=1S/C6H7NO.3BrH/c1-5-2-3-7-4-6(5)8;;;/h2-4,8H,1H3;3*1H. The molecule has 0 amide bonds. The van der Waals surface area contributed by atoms with E-state index in [2.05, 4.69) is 4.98 Å². The van der Waals surface area contributed by atoms with Crippen LogP contribution in [0.15, 0.2) is 18.5 Å². The van der Waals surface area contributed by atoms with Crippen LogP contribution < -0.4 is 0 Å². The Morgan fingerprint density at radius 1 is 1.27 bits per heavy atom. The van der Waals surface area contributed by atoms with Crippen molar-refractivity contribution >= 4 is 50.9 Å². The minimum Gasteiger partial charge on any atom is -0.506 e. The lowest BCUT2D eigenvalue weighted by atomic mass is 10.3. The van der Waals surface area contributed by atoms with E-state index in [0.717, 1.165) is 5.56 Å². The van der Waals surface area contributed by atoms with E-state index in [1.807, 2.05) is 6.92 Å². The summed E-state index contributed by atoms with van der Waals surface area (Å²) in [4.78, 5) is 3.70. The quantitative estimate of drug-likeness (QED) is 0.779. The van der Waals surface area contributed by atoms with Gasteiger partial charge in [-0.3, -0.25) is 4.98 Å². The van der Waals surface area contributed by atoms with Gasteiger partial charge in [0.2, 0.25) is 0 Å². The van der Waals surface area contributed by atoms with Crippen LogP contribution in [0, 0.1) is 6.92 Å². The average Bonchev–Trinajstić information content (AvgIpc) is 1.77. The zero-order chi connectivity index (χ0) is 5.98. The van der Waals surface area contributed by atoms with E-state index in [-0.39, 0.29) is 56.7 Å². The number of pyridine rings is 1. The van der Waals surface area contributed by atoms with E-state index < -0.39 is 0 Å². The molecule has 1 aromatic rings. The summed E-state index contributed by atoms with van der Waals surface area (Å²) in [7, 11) is 0. The SMILES string of the molecule is Br.Br.Br.Cc1ccncc1O. The maximum absolute atomic E-state index is 8.86. The molecule has 11 heavy (non-hydrogen) atoms. The highest BCUT2D eigenvalue weighted by Gasteiger charge is 1.88. The summed E-state index contributed by atoms with van der Waals surface area (Å²) in [5.41, 5.74) is 0.861. The van der Waals surface area contributed by atoms with Crippen molar-refractivity contribution in [2.75, 3.05) is 0 Å². The lowest BCUT2D eigenvalue weighted by Crippen LogP contribution is -1.73. The van der Waals surface area contributed by atoms with Crippen molar-refractivity contribution in [2.45, 2.75) is 6.92 Å². The first-order valence-electron chi connectivity index (χ1n) is 2.40. The summed E-state index contributed by atoms with van der Waals surface area (Å²) in [5, 5.41) is 8.86. The largest absolute Gasteiger partial charge is 0.506 e. The van der Waals surface area contributed by atoms with Gasteiger partial charge in [0.1, 0.15) is 5.75 Å². The Balaban J connectivity index is -0.000000213. The van der Waals surface area contributed by atoms with E-state index in [1.165, 1.54) is 6.20 Å². The van der Waals surface area contributed by atoms with Gasteiger partial charge in [0, 0.05) is 6.20 Å². The van der Waals surface area contributed by atoms with Gasteiger partial charge in [-0.05, 0) is 18.6 Å². The molecule has 0 atom stereocenters. The third-order valence-corrected chi connectivity index (χ3v) is 1.01. The molecule has 0 radical (unpaired) electrons. The Bertz CT molecular complexity index is 174. The van der Waals surface area contributed by atoms with Gasteiger partial charge in [0.05, 0.1) is 6.20 Å². The molecule has 0 saturated carbocycles. The molecular weight excluding hydrogens is 342 g/mol. The highest BCUT2D eigenvalue weighted by Crippen LogP contribution is 2.10. The van der Waals surface area contributed by atoms with E-state index in [1.54, 1.807) is 12.3 Å². The van der Waals surface area contributed by atoms with Crippen LogP contribution >= 0.6 is 50.9 Å². The van der Waals surface area contributed by atoms with Crippen LogP contribution in [0.4, 0.5) is 0 Å². The molecular formula is C6H10Br3NO. The van der Waals surface area contributed by atoms with Crippen molar-refractivity contribution < 1.29 is 5.11 Å². The zero-order valence-corrected chi connectivity index (χ0v) is 11.0. The van der Waals surface area contributed by atoms with E-state index >= 15 is 0 Å². The van der Waals surface area contributed by atoms with Gasteiger partial charge >= 0.3 is 0 Å². The number of aromatic hydroxyl groups is 1. The highest BCUT2D eigenvalue weighted by molar-refractivity contribution is 8.93. The van der Waals surface area contributed by atoms with Crippen LogP contribution in [-0.4, -0.2) is 10.1 Å². The summed E-state index contributed by atoms with van der Waals surface area (Å²) >= 11 is 0. The van der Waals surface area contributed by atoms with Crippen LogP contribution in [0.1, 0.15) is 5.56 Å². The van der Waals surface area contributed by atoms with Crippen molar-refractivity contribution in [2.24, 2.45) is 0 Å². The fraction of sp³-hybridized carbons (Fsp3) is 0.167. The molecule has 0 aromatic carbocycles. The number of aryl methyl sites for hydroxylation is 1. The van der Waals surface area contributed by atoms with Crippen LogP contribution in [0.3, 0.4) is 0 Å². The summed E-state index contributed by atoms with van der Waals surface area (Å²) in [5.74, 6) is 0.257. The molecule has 66 valence electrons. The first kappa shape index (κ1) is 17.5. The molecule has 2 nitrogen and oxygen atoms in total. The molecule has 5 heteroatoms. The normalized spacial score (nSPS) is 6.64. The molecule has 1 aromatic heterocycles.